The van der Waals surface area contributed by atoms with E-state index in [1.165, 1.54) is 0 Å². The number of carbonyl (C=O) groups is 1. The van der Waals surface area contributed by atoms with Gasteiger partial charge in [-0.15, -0.1) is 0 Å². The fourth-order valence-electron chi connectivity index (χ4n) is 2.68. The van der Waals surface area contributed by atoms with Crippen molar-refractivity contribution in [2.24, 2.45) is 5.92 Å². The third-order valence-electron chi connectivity index (χ3n) is 3.55. The summed E-state index contributed by atoms with van der Waals surface area (Å²) in [6, 6.07) is 0. The van der Waals surface area contributed by atoms with E-state index in [0.717, 1.165) is 43.6 Å². The second kappa shape index (κ2) is 4.80. The van der Waals surface area contributed by atoms with Gasteiger partial charge < -0.3 is 9.47 Å². The number of hydrogen-bond donors (Lipinski definition) is 0. The number of thiocarbonyl (C=S) groups is 1. The van der Waals surface area contributed by atoms with Crippen molar-refractivity contribution < 1.29 is 14.3 Å². The molecule has 0 aromatic heterocycles. The van der Waals surface area contributed by atoms with E-state index in [9.17, 15) is 4.79 Å². The zero-order chi connectivity index (χ0) is 11.6. The molecular weight excluding hydrogens is 224 g/mol. The van der Waals surface area contributed by atoms with Crippen molar-refractivity contribution >= 4 is 23.1 Å². The van der Waals surface area contributed by atoms with Crippen molar-refractivity contribution in [3.05, 3.63) is 0 Å². The van der Waals surface area contributed by atoms with Crippen LogP contribution < -0.4 is 0 Å². The van der Waals surface area contributed by atoms with Crippen LogP contribution in [-0.2, 0) is 14.3 Å². The van der Waals surface area contributed by atoms with Gasteiger partial charge in [0.1, 0.15) is 0 Å². The van der Waals surface area contributed by atoms with E-state index in [-0.39, 0.29) is 17.5 Å². The summed E-state index contributed by atoms with van der Waals surface area (Å²) in [7, 11) is 0. The van der Waals surface area contributed by atoms with Gasteiger partial charge in [0.15, 0.2) is 0 Å². The highest BCUT2D eigenvalue weighted by Gasteiger charge is 2.44. The molecule has 1 saturated heterocycles. The first kappa shape index (κ1) is 12.0. The number of rotatable bonds is 2. The molecule has 0 bridgehead atoms. The maximum Gasteiger partial charge on any atom is 0.314 e. The third kappa shape index (κ3) is 2.28. The average Bonchev–Trinajstić information content (AvgIpc) is 2.71. The molecular formula is C12H18O3S. The summed E-state index contributed by atoms with van der Waals surface area (Å²) in [5.74, 6) is -0.385. The smallest absolute Gasteiger partial charge is 0.314 e. The van der Waals surface area contributed by atoms with Gasteiger partial charge in [-0.1, -0.05) is 12.2 Å². The molecule has 0 aromatic rings. The van der Waals surface area contributed by atoms with Crippen LogP contribution >= 0.6 is 12.2 Å². The Morgan fingerprint density at radius 2 is 2.44 bits per heavy atom. The molecule has 90 valence electrons. The van der Waals surface area contributed by atoms with Gasteiger partial charge in [-0.25, -0.2) is 0 Å². The van der Waals surface area contributed by atoms with E-state index in [4.69, 9.17) is 21.7 Å². The second-order valence-electron chi connectivity index (χ2n) is 4.61. The van der Waals surface area contributed by atoms with Crippen LogP contribution in [-0.4, -0.2) is 29.6 Å². The second-order valence-corrected chi connectivity index (χ2v) is 5.13. The SMILES string of the molecule is CCOC(=O)C1CC2(CCCO2)CCC1=S. The number of hydrogen-bond acceptors (Lipinski definition) is 4. The van der Waals surface area contributed by atoms with Crippen LogP contribution in [0.3, 0.4) is 0 Å². The predicted molar refractivity (Wildman–Crippen MR) is 64.5 cm³/mol. The van der Waals surface area contributed by atoms with E-state index in [1.54, 1.807) is 0 Å². The van der Waals surface area contributed by atoms with Crippen LogP contribution in [0.1, 0.15) is 39.0 Å². The Bertz CT molecular complexity index is 295. The quantitative estimate of drug-likeness (QED) is 0.549. The Morgan fingerprint density at radius 3 is 3.06 bits per heavy atom. The maximum absolute atomic E-state index is 11.8. The lowest BCUT2D eigenvalue weighted by atomic mass is 9.76. The van der Waals surface area contributed by atoms with Crippen molar-refractivity contribution in [1.82, 2.24) is 0 Å². The molecule has 2 atom stereocenters. The first-order chi connectivity index (χ1) is 7.67. The molecule has 2 fully saturated rings. The Balaban J connectivity index is 2.05. The summed E-state index contributed by atoms with van der Waals surface area (Å²) in [5.41, 5.74) is -0.0836. The zero-order valence-corrected chi connectivity index (χ0v) is 10.5. The van der Waals surface area contributed by atoms with Crippen LogP contribution in [0.25, 0.3) is 0 Å². The molecule has 0 aromatic carbocycles. The van der Waals surface area contributed by atoms with E-state index < -0.39 is 0 Å². The molecule has 1 heterocycles. The molecule has 1 saturated carbocycles. The summed E-state index contributed by atoms with van der Waals surface area (Å²) in [6.45, 7) is 3.07. The number of esters is 1. The van der Waals surface area contributed by atoms with Gasteiger partial charge >= 0.3 is 5.97 Å². The van der Waals surface area contributed by atoms with Gasteiger partial charge in [-0.05, 0) is 39.0 Å². The topological polar surface area (TPSA) is 35.5 Å². The fraction of sp³-hybridized carbons (Fsp3) is 0.833. The average molecular weight is 242 g/mol. The Hall–Kier alpha value is -0.480. The predicted octanol–water partition coefficient (Wildman–Crippen LogP) is 2.27. The lowest BCUT2D eigenvalue weighted by Gasteiger charge is -2.36. The largest absolute Gasteiger partial charge is 0.466 e. The maximum atomic E-state index is 11.8. The summed E-state index contributed by atoms with van der Waals surface area (Å²) < 4.78 is 10.9. The van der Waals surface area contributed by atoms with Crippen molar-refractivity contribution in [2.75, 3.05) is 13.2 Å². The molecule has 2 aliphatic rings. The van der Waals surface area contributed by atoms with Crippen LogP contribution in [0.5, 0.6) is 0 Å². The lowest BCUT2D eigenvalue weighted by molar-refractivity contribution is -0.148. The molecule has 1 spiro atoms. The van der Waals surface area contributed by atoms with Gasteiger partial charge in [-0.2, -0.15) is 0 Å². The molecule has 1 aliphatic carbocycles. The number of carbonyl (C=O) groups excluding carboxylic acids is 1. The van der Waals surface area contributed by atoms with E-state index in [0.29, 0.717) is 6.61 Å². The normalized spacial score (nSPS) is 34.3. The summed E-state index contributed by atoms with van der Waals surface area (Å²) >= 11 is 5.28. The summed E-state index contributed by atoms with van der Waals surface area (Å²) in [4.78, 5) is 12.6. The van der Waals surface area contributed by atoms with Crippen molar-refractivity contribution in [2.45, 2.75) is 44.6 Å². The molecule has 0 amide bonds. The minimum Gasteiger partial charge on any atom is -0.466 e. The first-order valence-corrected chi connectivity index (χ1v) is 6.41. The minimum absolute atomic E-state index is 0.0836. The molecule has 4 heteroatoms. The Kier molecular flexibility index (Phi) is 3.60. The lowest BCUT2D eigenvalue weighted by Crippen LogP contribution is -2.42. The van der Waals surface area contributed by atoms with Crippen LogP contribution in [0, 0.1) is 5.92 Å². The Morgan fingerprint density at radius 1 is 1.62 bits per heavy atom. The number of ether oxygens (including phenoxy) is 2. The minimum atomic E-state index is -0.221. The van der Waals surface area contributed by atoms with E-state index in [2.05, 4.69) is 0 Å². The van der Waals surface area contributed by atoms with Crippen molar-refractivity contribution in [3.63, 3.8) is 0 Å². The van der Waals surface area contributed by atoms with E-state index >= 15 is 0 Å². The van der Waals surface area contributed by atoms with Gasteiger partial charge in [0.2, 0.25) is 0 Å². The molecule has 3 nitrogen and oxygen atoms in total. The monoisotopic (exact) mass is 242 g/mol. The highest BCUT2D eigenvalue weighted by molar-refractivity contribution is 7.80. The van der Waals surface area contributed by atoms with Crippen LogP contribution in [0.2, 0.25) is 0 Å². The first-order valence-electron chi connectivity index (χ1n) is 6.00. The standard InChI is InChI=1S/C12H18O3S/c1-2-14-11(13)9-8-12(5-3-7-15-12)6-4-10(9)16/h9H,2-8H2,1H3. The summed E-state index contributed by atoms with van der Waals surface area (Å²) in [6.07, 6.45) is 4.68. The molecule has 2 rings (SSSR count). The molecule has 2 unspecified atom stereocenters. The van der Waals surface area contributed by atoms with Crippen LogP contribution in [0.15, 0.2) is 0 Å². The fourth-order valence-corrected chi connectivity index (χ4v) is 2.97. The van der Waals surface area contributed by atoms with Gasteiger partial charge in [0.05, 0.1) is 18.1 Å². The highest BCUT2D eigenvalue weighted by Crippen LogP contribution is 2.41. The Labute approximate surface area is 101 Å². The van der Waals surface area contributed by atoms with Gasteiger partial charge in [0, 0.05) is 11.5 Å². The molecule has 0 N–H and O–H groups in total. The van der Waals surface area contributed by atoms with Gasteiger partial charge in [-0.3, -0.25) is 4.79 Å². The molecule has 0 radical (unpaired) electrons. The van der Waals surface area contributed by atoms with Crippen molar-refractivity contribution in [1.29, 1.82) is 0 Å². The zero-order valence-electron chi connectivity index (χ0n) is 9.66. The summed E-state index contributed by atoms with van der Waals surface area (Å²) in [5, 5.41) is 0. The highest BCUT2D eigenvalue weighted by atomic mass is 32.1. The van der Waals surface area contributed by atoms with Gasteiger partial charge in [0.25, 0.3) is 0 Å². The molecule has 16 heavy (non-hydrogen) atoms. The molecule has 1 aliphatic heterocycles. The third-order valence-corrected chi connectivity index (χ3v) is 4.04. The van der Waals surface area contributed by atoms with Crippen LogP contribution in [0.4, 0.5) is 0 Å². The van der Waals surface area contributed by atoms with E-state index in [1.807, 2.05) is 6.92 Å². The van der Waals surface area contributed by atoms with Crippen molar-refractivity contribution in [3.8, 4) is 0 Å².